The summed E-state index contributed by atoms with van der Waals surface area (Å²) < 4.78 is 11.0. The van der Waals surface area contributed by atoms with Crippen molar-refractivity contribution in [1.82, 2.24) is 4.90 Å². The number of carbonyl (C=O) groups is 1. The topological polar surface area (TPSA) is 38.8 Å². The van der Waals surface area contributed by atoms with Gasteiger partial charge in [-0.15, -0.1) is 12.4 Å². The molecule has 25 heavy (non-hydrogen) atoms. The van der Waals surface area contributed by atoms with Gasteiger partial charge in [-0.25, -0.2) is 0 Å². The Labute approximate surface area is 157 Å². The zero-order valence-electron chi connectivity index (χ0n) is 15.2. The molecule has 4 nitrogen and oxygen atoms in total. The monoisotopic (exact) mass is 367 g/mol. The summed E-state index contributed by atoms with van der Waals surface area (Å²) >= 11 is 0. The highest BCUT2D eigenvalue weighted by Gasteiger charge is 2.25. The smallest absolute Gasteiger partial charge is 0.309 e. The van der Waals surface area contributed by atoms with Gasteiger partial charge in [0.1, 0.15) is 5.75 Å². The fourth-order valence-corrected chi connectivity index (χ4v) is 3.77. The molecule has 140 valence electrons. The minimum absolute atomic E-state index is 0. The molecule has 0 spiro atoms. The van der Waals surface area contributed by atoms with Crippen molar-refractivity contribution < 1.29 is 14.3 Å². The SMILES string of the molecule is CCOC(=O)C1CCN(CCCOc2ccc3c(c2)CCC3)CC1.Cl. The number of esters is 1. The summed E-state index contributed by atoms with van der Waals surface area (Å²) in [5, 5.41) is 0. The number of rotatable bonds is 7. The van der Waals surface area contributed by atoms with E-state index in [0.29, 0.717) is 6.61 Å². The fourth-order valence-electron chi connectivity index (χ4n) is 3.77. The number of benzene rings is 1. The van der Waals surface area contributed by atoms with Crippen LogP contribution in [0.4, 0.5) is 0 Å². The van der Waals surface area contributed by atoms with Crippen molar-refractivity contribution in [3.8, 4) is 5.75 Å². The van der Waals surface area contributed by atoms with Gasteiger partial charge >= 0.3 is 5.97 Å². The van der Waals surface area contributed by atoms with Crippen molar-refractivity contribution in [2.24, 2.45) is 5.92 Å². The maximum absolute atomic E-state index is 11.7. The Morgan fingerprint density at radius 3 is 2.72 bits per heavy atom. The number of hydrogen-bond donors (Lipinski definition) is 0. The predicted octanol–water partition coefficient (Wildman–Crippen LogP) is 3.64. The van der Waals surface area contributed by atoms with E-state index in [1.165, 1.54) is 30.4 Å². The van der Waals surface area contributed by atoms with E-state index in [1.54, 1.807) is 0 Å². The average Bonchev–Trinajstić information content (AvgIpc) is 3.07. The molecule has 0 aromatic heterocycles. The number of ether oxygens (including phenoxy) is 2. The molecule has 1 heterocycles. The molecule has 5 heteroatoms. The van der Waals surface area contributed by atoms with E-state index >= 15 is 0 Å². The van der Waals surface area contributed by atoms with Crippen LogP contribution in [0.5, 0.6) is 5.75 Å². The van der Waals surface area contributed by atoms with Crippen LogP contribution in [0.15, 0.2) is 18.2 Å². The summed E-state index contributed by atoms with van der Waals surface area (Å²) in [6.45, 7) is 6.13. The first-order valence-corrected chi connectivity index (χ1v) is 9.40. The number of hydrogen-bond acceptors (Lipinski definition) is 4. The number of aryl methyl sites for hydroxylation is 2. The Balaban J connectivity index is 0.00000225. The molecule has 0 unspecified atom stereocenters. The number of nitrogens with zero attached hydrogens (tertiary/aromatic N) is 1. The number of likely N-dealkylation sites (tertiary alicyclic amines) is 1. The summed E-state index contributed by atoms with van der Waals surface area (Å²) in [7, 11) is 0. The standard InChI is InChI=1S/C20H29NO3.ClH/c1-2-23-20(22)17-9-12-21(13-10-17)11-4-14-24-19-8-7-16-5-3-6-18(16)15-19;/h7-8,15,17H,2-6,9-14H2,1H3;1H. The van der Waals surface area contributed by atoms with Crippen LogP contribution in [-0.4, -0.2) is 43.7 Å². The molecule has 3 rings (SSSR count). The minimum Gasteiger partial charge on any atom is -0.494 e. The maximum atomic E-state index is 11.7. The lowest BCUT2D eigenvalue weighted by molar-refractivity contribution is -0.149. The largest absolute Gasteiger partial charge is 0.494 e. The summed E-state index contributed by atoms with van der Waals surface area (Å²) in [5.41, 5.74) is 2.96. The van der Waals surface area contributed by atoms with Crippen LogP contribution >= 0.6 is 12.4 Å². The van der Waals surface area contributed by atoms with E-state index in [2.05, 4.69) is 23.1 Å². The van der Waals surface area contributed by atoms with Gasteiger partial charge in [-0.2, -0.15) is 0 Å². The molecule has 0 N–H and O–H groups in total. The van der Waals surface area contributed by atoms with Gasteiger partial charge in [-0.05, 0) is 81.8 Å². The summed E-state index contributed by atoms with van der Waals surface area (Å²) in [6, 6.07) is 6.54. The molecule has 0 bridgehead atoms. The van der Waals surface area contributed by atoms with Gasteiger partial charge in [0.2, 0.25) is 0 Å². The average molecular weight is 368 g/mol. The van der Waals surface area contributed by atoms with Gasteiger partial charge in [0.05, 0.1) is 19.1 Å². The summed E-state index contributed by atoms with van der Waals surface area (Å²) in [5.74, 6) is 1.10. The van der Waals surface area contributed by atoms with Crippen LogP contribution in [0.3, 0.4) is 0 Å². The molecule has 1 aromatic carbocycles. The lowest BCUT2D eigenvalue weighted by Crippen LogP contribution is -2.37. The van der Waals surface area contributed by atoms with Crippen LogP contribution in [0.2, 0.25) is 0 Å². The molecule has 0 radical (unpaired) electrons. The number of piperidine rings is 1. The fraction of sp³-hybridized carbons (Fsp3) is 0.650. The Kier molecular flexibility index (Phi) is 8.04. The van der Waals surface area contributed by atoms with Gasteiger partial charge in [-0.3, -0.25) is 4.79 Å². The van der Waals surface area contributed by atoms with E-state index in [4.69, 9.17) is 9.47 Å². The molecule has 0 amide bonds. The second-order valence-electron chi connectivity index (χ2n) is 6.85. The highest BCUT2D eigenvalue weighted by molar-refractivity contribution is 5.85. The lowest BCUT2D eigenvalue weighted by Gasteiger charge is -2.30. The molecule has 1 fully saturated rings. The molecular weight excluding hydrogens is 338 g/mol. The van der Waals surface area contributed by atoms with Crippen LogP contribution in [0.25, 0.3) is 0 Å². The Bertz CT molecular complexity index is 556. The number of carbonyl (C=O) groups excluding carboxylic acids is 1. The van der Waals surface area contributed by atoms with Crippen molar-refractivity contribution in [3.63, 3.8) is 0 Å². The van der Waals surface area contributed by atoms with Crippen LogP contribution in [0, 0.1) is 5.92 Å². The first kappa shape index (κ1) is 20.1. The van der Waals surface area contributed by atoms with E-state index in [-0.39, 0.29) is 24.3 Å². The van der Waals surface area contributed by atoms with Crippen molar-refractivity contribution in [2.75, 3.05) is 32.8 Å². The van der Waals surface area contributed by atoms with Crippen molar-refractivity contribution in [2.45, 2.75) is 45.4 Å². The lowest BCUT2D eigenvalue weighted by atomic mass is 9.97. The Morgan fingerprint density at radius 1 is 1.20 bits per heavy atom. The second-order valence-corrected chi connectivity index (χ2v) is 6.85. The van der Waals surface area contributed by atoms with E-state index in [9.17, 15) is 4.79 Å². The van der Waals surface area contributed by atoms with Gasteiger partial charge in [-0.1, -0.05) is 6.07 Å². The molecule has 1 aliphatic heterocycles. The van der Waals surface area contributed by atoms with Gasteiger partial charge in [0, 0.05) is 6.54 Å². The van der Waals surface area contributed by atoms with E-state index in [1.807, 2.05) is 6.92 Å². The summed E-state index contributed by atoms with van der Waals surface area (Å²) in [4.78, 5) is 14.2. The third kappa shape index (κ3) is 5.61. The van der Waals surface area contributed by atoms with E-state index < -0.39 is 0 Å². The Hall–Kier alpha value is -1.26. The first-order valence-electron chi connectivity index (χ1n) is 9.40. The van der Waals surface area contributed by atoms with Gasteiger partial charge in [0.25, 0.3) is 0 Å². The molecule has 2 aliphatic rings. The molecular formula is C20H30ClNO3. The van der Waals surface area contributed by atoms with Crippen molar-refractivity contribution >= 4 is 18.4 Å². The molecule has 1 aromatic rings. The third-order valence-corrected chi connectivity index (χ3v) is 5.16. The number of halogens is 1. The molecule has 0 atom stereocenters. The number of fused-ring (bicyclic) bond motifs is 1. The summed E-state index contributed by atoms with van der Waals surface area (Å²) in [6.07, 6.45) is 6.57. The minimum atomic E-state index is -0.0166. The quantitative estimate of drug-likeness (QED) is 0.544. The zero-order chi connectivity index (χ0) is 16.8. The Morgan fingerprint density at radius 2 is 1.96 bits per heavy atom. The molecule has 1 saturated heterocycles. The normalized spacial score (nSPS) is 17.6. The molecule has 0 saturated carbocycles. The second kappa shape index (κ2) is 10.0. The highest BCUT2D eigenvalue weighted by Crippen LogP contribution is 2.26. The van der Waals surface area contributed by atoms with Gasteiger partial charge < -0.3 is 14.4 Å². The predicted molar refractivity (Wildman–Crippen MR) is 102 cm³/mol. The van der Waals surface area contributed by atoms with Crippen molar-refractivity contribution in [1.29, 1.82) is 0 Å². The third-order valence-electron chi connectivity index (χ3n) is 5.16. The van der Waals surface area contributed by atoms with Crippen LogP contribution in [-0.2, 0) is 22.4 Å². The van der Waals surface area contributed by atoms with Crippen LogP contribution in [0.1, 0.15) is 43.7 Å². The van der Waals surface area contributed by atoms with Crippen molar-refractivity contribution in [3.05, 3.63) is 29.3 Å². The maximum Gasteiger partial charge on any atom is 0.309 e. The highest BCUT2D eigenvalue weighted by atomic mass is 35.5. The van der Waals surface area contributed by atoms with Crippen LogP contribution < -0.4 is 4.74 Å². The molecule has 1 aliphatic carbocycles. The van der Waals surface area contributed by atoms with Gasteiger partial charge in [0.15, 0.2) is 0 Å². The van der Waals surface area contributed by atoms with E-state index in [0.717, 1.165) is 51.3 Å². The zero-order valence-corrected chi connectivity index (χ0v) is 16.0. The first-order chi connectivity index (χ1) is 11.8.